The number of halogens is 5. The van der Waals surface area contributed by atoms with Crippen LogP contribution in [0.15, 0.2) is 36.5 Å². The molecule has 1 saturated carbocycles. The summed E-state index contributed by atoms with van der Waals surface area (Å²) in [6, 6.07) is 6.84. The van der Waals surface area contributed by atoms with Crippen molar-refractivity contribution in [1.82, 2.24) is 10.3 Å². The van der Waals surface area contributed by atoms with E-state index in [0.29, 0.717) is 18.4 Å². The number of anilines is 2. The van der Waals surface area contributed by atoms with Gasteiger partial charge in [0.05, 0.1) is 12.1 Å². The molecule has 1 aliphatic carbocycles. The summed E-state index contributed by atoms with van der Waals surface area (Å²) in [6.45, 7) is 0.418. The van der Waals surface area contributed by atoms with E-state index in [2.05, 4.69) is 15.2 Å². The molecule has 210 valence electrons. The molecule has 2 aromatic rings. The van der Waals surface area contributed by atoms with Gasteiger partial charge in [0.2, 0.25) is 0 Å². The third-order valence-corrected chi connectivity index (χ3v) is 7.28. The molecule has 13 heteroatoms. The summed E-state index contributed by atoms with van der Waals surface area (Å²) in [5.74, 6) is -5.72. The van der Waals surface area contributed by atoms with Crippen LogP contribution >= 0.6 is 0 Å². The monoisotopic (exact) mass is 553 g/mol. The van der Waals surface area contributed by atoms with Crippen LogP contribution < -0.4 is 21.3 Å². The average molecular weight is 554 g/mol. The third-order valence-electron chi connectivity index (χ3n) is 7.28. The number of primary amides is 1. The molecule has 3 atom stereocenters. The summed E-state index contributed by atoms with van der Waals surface area (Å²) in [7, 11) is 0. The molecule has 2 aliphatic rings. The second-order valence-corrected chi connectivity index (χ2v) is 9.95. The number of carbonyl (C=O) groups is 3. The predicted octanol–water partition coefficient (Wildman–Crippen LogP) is 4.17. The summed E-state index contributed by atoms with van der Waals surface area (Å²) < 4.78 is 64.6. The minimum absolute atomic E-state index is 0.0222. The van der Waals surface area contributed by atoms with Gasteiger partial charge in [-0.1, -0.05) is 0 Å². The minimum atomic E-state index is -5.79. The van der Waals surface area contributed by atoms with Gasteiger partial charge < -0.3 is 21.3 Å². The van der Waals surface area contributed by atoms with Crippen LogP contribution in [0.25, 0.3) is 0 Å². The number of fused-ring (bicyclic) bond motifs is 1. The van der Waals surface area contributed by atoms with E-state index < -0.39 is 36.1 Å². The van der Waals surface area contributed by atoms with Gasteiger partial charge in [0.25, 0.3) is 11.8 Å². The fourth-order valence-corrected chi connectivity index (χ4v) is 5.27. The summed E-state index contributed by atoms with van der Waals surface area (Å²) in [6.07, 6.45) is -1.03. The Morgan fingerprint density at radius 2 is 1.79 bits per heavy atom. The van der Waals surface area contributed by atoms with E-state index in [1.54, 1.807) is 12.3 Å². The minimum Gasteiger partial charge on any atom is -0.378 e. The number of benzene rings is 1. The molecule has 0 spiro atoms. The maximum atomic E-state index is 13.4. The van der Waals surface area contributed by atoms with Crippen LogP contribution in [-0.2, 0) is 0 Å². The number of ketones is 1. The van der Waals surface area contributed by atoms with Crippen LogP contribution in [-0.4, -0.2) is 59.9 Å². The lowest BCUT2D eigenvalue weighted by atomic mass is 9.92. The quantitative estimate of drug-likeness (QED) is 0.334. The maximum Gasteiger partial charge on any atom is 0.455 e. The highest BCUT2D eigenvalue weighted by Gasteiger charge is 2.57. The van der Waals surface area contributed by atoms with Crippen LogP contribution in [0.5, 0.6) is 0 Å². The van der Waals surface area contributed by atoms with Crippen molar-refractivity contribution in [1.29, 1.82) is 0 Å². The van der Waals surface area contributed by atoms with Gasteiger partial charge in [0.15, 0.2) is 5.78 Å². The van der Waals surface area contributed by atoms with Crippen LogP contribution in [0.1, 0.15) is 63.7 Å². The van der Waals surface area contributed by atoms with Gasteiger partial charge in [-0.15, -0.1) is 0 Å². The number of nitrogens with one attached hydrogen (secondary N) is 2. The van der Waals surface area contributed by atoms with Crippen molar-refractivity contribution >= 4 is 29.1 Å². The third kappa shape index (κ3) is 6.12. The van der Waals surface area contributed by atoms with Gasteiger partial charge >= 0.3 is 12.1 Å². The average Bonchev–Trinajstić information content (AvgIpc) is 3.29. The molecule has 2 heterocycles. The molecule has 0 bridgehead atoms. The normalized spacial score (nSPS) is 21.3. The first-order valence-electron chi connectivity index (χ1n) is 12.4. The SMILES string of the molecule is CC(=O)c1ccc(N2CCCC3CC(NC(=O)c4ccc(C(N)=O)c(NCC(F)(F)C(F)(F)F)c4)CC32)nc1. The molecule has 1 aliphatic heterocycles. The zero-order valence-electron chi connectivity index (χ0n) is 21.0. The highest BCUT2D eigenvalue weighted by atomic mass is 19.4. The smallest absolute Gasteiger partial charge is 0.378 e. The molecular weight excluding hydrogens is 525 g/mol. The molecule has 2 amide bonds. The molecule has 1 saturated heterocycles. The molecule has 39 heavy (non-hydrogen) atoms. The highest BCUT2D eigenvalue weighted by molar-refractivity contribution is 6.02. The Kier molecular flexibility index (Phi) is 7.80. The lowest BCUT2D eigenvalue weighted by Crippen LogP contribution is -2.43. The van der Waals surface area contributed by atoms with Crippen LogP contribution in [0.3, 0.4) is 0 Å². The Bertz CT molecular complexity index is 1250. The second kappa shape index (κ2) is 10.8. The summed E-state index contributed by atoms with van der Waals surface area (Å²) >= 11 is 0. The number of hydrogen-bond acceptors (Lipinski definition) is 6. The van der Waals surface area contributed by atoms with Gasteiger partial charge in [0, 0.05) is 41.6 Å². The van der Waals surface area contributed by atoms with Gasteiger partial charge in [-0.2, -0.15) is 22.0 Å². The van der Waals surface area contributed by atoms with Crippen LogP contribution in [0, 0.1) is 5.92 Å². The largest absolute Gasteiger partial charge is 0.455 e. The summed E-state index contributed by atoms with van der Waals surface area (Å²) in [5.41, 5.74) is 5.01. The number of carbonyl (C=O) groups excluding carboxylic acids is 3. The topological polar surface area (TPSA) is 117 Å². The Morgan fingerprint density at radius 1 is 1.08 bits per heavy atom. The van der Waals surface area contributed by atoms with Crippen molar-refractivity contribution in [2.24, 2.45) is 11.7 Å². The van der Waals surface area contributed by atoms with Gasteiger partial charge in [-0.05, 0) is 68.9 Å². The Hall–Kier alpha value is -3.77. The zero-order valence-corrected chi connectivity index (χ0v) is 21.0. The number of pyridine rings is 1. The van der Waals surface area contributed by atoms with Gasteiger partial charge in [-0.3, -0.25) is 14.4 Å². The number of nitrogens with two attached hydrogens (primary N) is 1. The van der Waals surface area contributed by atoms with Crippen molar-refractivity contribution in [3.8, 4) is 0 Å². The Labute approximate surface area is 221 Å². The molecule has 8 nitrogen and oxygen atoms in total. The molecular formula is C26H28F5N5O3. The van der Waals surface area contributed by atoms with E-state index in [-0.39, 0.29) is 34.9 Å². The fraction of sp³-hybridized carbons (Fsp3) is 0.462. The molecule has 2 fully saturated rings. The molecule has 0 radical (unpaired) electrons. The van der Waals surface area contributed by atoms with E-state index in [1.165, 1.54) is 13.0 Å². The van der Waals surface area contributed by atoms with Crippen LogP contribution in [0.2, 0.25) is 0 Å². The number of piperidine rings is 1. The Morgan fingerprint density at radius 3 is 2.41 bits per heavy atom. The lowest BCUT2D eigenvalue weighted by molar-refractivity contribution is -0.275. The summed E-state index contributed by atoms with van der Waals surface area (Å²) in [4.78, 5) is 42.9. The molecule has 1 aromatic carbocycles. The maximum absolute atomic E-state index is 13.4. The number of Topliss-reactive ketones (excluding diaryl/α,β-unsaturated/α-hetero) is 1. The summed E-state index contributed by atoms with van der Waals surface area (Å²) in [5, 5.41) is 4.84. The standard InChI is InChI=1S/C26H28F5N5O3/c1-14(37)17-5-7-22(33-12-17)36-8-2-3-15-9-18(11-21(15)36)35-24(39)16-4-6-19(23(32)38)20(10-16)34-13-25(27,28)26(29,30)31/h4-7,10,12,15,18,21,34H,2-3,8-9,11,13H2,1H3,(H2,32,38)(H,35,39). The molecule has 3 unspecified atom stereocenters. The number of nitrogens with zero attached hydrogens (tertiary/aromatic N) is 2. The predicted molar refractivity (Wildman–Crippen MR) is 133 cm³/mol. The Balaban J connectivity index is 1.46. The number of hydrogen-bond donors (Lipinski definition) is 3. The number of rotatable bonds is 8. The van der Waals surface area contributed by atoms with Crippen LogP contribution in [0.4, 0.5) is 33.5 Å². The van der Waals surface area contributed by atoms with Crippen molar-refractivity contribution in [2.45, 2.75) is 56.8 Å². The first kappa shape index (κ1) is 28.2. The first-order chi connectivity index (χ1) is 18.3. The van der Waals surface area contributed by atoms with E-state index in [1.807, 2.05) is 11.4 Å². The van der Waals surface area contributed by atoms with E-state index in [9.17, 15) is 36.3 Å². The number of alkyl halides is 5. The molecule has 1 aromatic heterocycles. The molecule has 4 rings (SSSR count). The zero-order chi connectivity index (χ0) is 28.5. The van der Waals surface area contributed by atoms with Crippen molar-refractivity contribution < 1.29 is 36.3 Å². The number of aromatic nitrogens is 1. The van der Waals surface area contributed by atoms with Crippen molar-refractivity contribution in [3.05, 3.63) is 53.2 Å². The second-order valence-electron chi connectivity index (χ2n) is 9.95. The molecule has 4 N–H and O–H groups in total. The van der Waals surface area contributed by atoms with Gasteiger partial charge in [-0.25, -0.2) is 4.98 Å². The van der Waals surface area contributed by atoms with Gasteiger partial charge in [0.1, 0.15) is 5.82 Å². The highest BCUT2D eigenvalue weighted by Crippen LogP contribution is 2.39. The van der Waals surface area contributed by atoms with E-state index in [4.69, 9.17) is 5.73 Å². The van der Waals surface area contributed by atoms with Crippen molar-refractivity contribution in [3.63, 3.8) is 0 Å². The van der Waals surface area contributed by atoms with Crippen molar-refractivity contribution in [2.75, 3.05) is 23.3 Å². The lowest BCUT2D eigenvalue weighted by Gasteiger charge is -2.38. The fourth-order valence-electron chi connectivity index (χ4n) is 5.27. The van der Waals surface area contributed by atoms with E-state index >= 15 is 0 Å². The first-order valence-corrected chi connectivity index (χ1v) is 12.4. The van der Waals surface area contributed by atoms with E-state index in [0.717, 1.165) is 37.3 Å². The number of amides is 2.